The van der Waals surface area contributed by atoms with Gasteiger partial charge in [-0.15, -0.1) is 0 Å². The van der Waals surface area contributed by atoms with Crippen LogP contribution < -0.4 is 5.73 Å². The summed E-state index contributed by atoms with van der Waals surface area (Å²) < 4.78 is 30.7. The number of carbonyl (C=O) groups excluding carboxylic acids is 1. The van der Waals surface area contributed by atoms with Gasteiger partial charge in [-0.1, -0.05) is 0 Å². The number of esters is 1. The second-order valence-electron chi connectivity index (χ2n) is 3.45. The molecule has 4 nitrogen and oxygen atoms in total. The number of aromatic nitrogens is 1. The summed E-state index contributed by atoms with van der Waals surface area (Å²) in [7, 11) is 0. The Hall–Kier alpha value is -1.08. The van der Waals surface area contributed by atoms with E-state index in [2.05, 4.69) is 20.9 Å². The van der Waals surface area contributed by atoms with Crippen molar-refractivity contribution in [1.82, 2.24) is 4.98 Å². The molecule has 1 rings (SSSR count). The highest BCUT2D eigenvalue weighted by Crippen LogP contribution is 2.27. The highest BCUT2D eigenvalue weighted by molar-refractivity contribution is 9.10. The van der Waals surface area contributed by atoms with Crippen LogP contribution in [0.3, 0.4) is 0 Å². The van der Waals surface area contributed by atoms with E-state index < -0.39 is 12.4 Å². The number of alkyl halides is 2. The van der Waals surface area contributed by atoms with Crippen molar-refractivity contribution in [3.8, 4) is 0 Å². The number of nitrogens with two attached hydrogens (primary N) is 1. The number of hydrogen-bond donors (Lipinski definition) is 1. The maximum atomic E-state index is 12.8. The predicted octanol–water partition coefficient (Wildman–Crippen LogP) is 2.35. The lowest BCUT2D eigenvalue weighted by molar-refractivity contribution is -0.142. The Bertz CT molecular complexity index is 441. The maximum Gasteiger partial charge on any atom is 0.311 e. The predicted molar refractivity (Wildman–Crippen MR) is 65.1 cm³/mol. The molecule has 0 unspecified atom stereocenters. The van der Waals surface area contributed by atoms with E-state index in [0.29, 0.717) is 0 Å². The number of carbonyl (C=O) groups is 1. The van der Waals surface area contributed by atoms with Gasteiger partial charge in [0.2, 0.25) is 0 Å². The van der Waals surface area contributed by atoms with Crippen LogP contribution in [-0.2, 0) is 22.5 Å². The van der Waals surface area contributed by atoms with Gasteiger partial charge in [-0.3, -0.25) is 4.79 Å². The summed E-state index contributed by atoms with van der Waals surface area (Å²) in [4.78, 5) is 15.4. The summed E-state index contributed by atoms with van der Waals surface area (Å²) in [6, 6.07) is 1.21. The lowest BCUT2D eigenvalue weighted by Crippen LogP contribution is -2.15. The van der Waals surface area contributed by atoms with Gasteiger partial charge in [-0.05, 0) is 34.5 Å². The molecule has 0 aliphatic rings. The van der Waals surface area contributed by atoms with E-state index in [1.807, 2.05) is 0 Å². The van der Waals surface area contributed by atoms with Crippen LogP contribution in [0, 0.1) is 0 Å². The number of rotatable bonds is 5. The van der Waals surface area contributed by atoms with Crippen molar-refractivity contribution in [1.29, 1.82) is 0 Å². The molecule has 0 saturated carbocycles. The topological polar surface area (TPSA) is 65.2 Å². The first-order valence-electron chi connectivity index (χ1n) is 5.31. The molecule has 0 amide bonds. The number of hydrogen-bond acceptors (Lipinski definition) is 4. The third-order valence-electron chi connectivity index (χ3n) is 2.27. The van der Waals surface area contributed by atoms with Crippen molar-refractivity contribution in [2.24, 2.45) is 5.73 Å². The fourth-order valence-electron chi connectivity index (χ4n) is 1.54. The van der Waals surface area contributed by atoms with Gasteiger partial charge in [0.25, 0.3) is 6.43 Å². The molecule has 1 aromatic rings. The van der Waals surface area contributed by atoms with Crippen molar-refractivity contribution in [3.05, 3.63) is 27.5 Å². The van der Waals surface area contributed by atoms with E-state index in [1.165, 1.54) is 6.07 Å². The zero-order chi connectivity index (χ0) is 13.7. The molecular formula is C11H13BrF2N2O2. The minimum Gasteiger partial charge on any atom is -0.466 e. The molecule has 0 spiro atoms. The minimum absolute atomic E-state index is 0.102. The average Bonchev–Trinajstić information content (AvgIpc) is 2.28. The van der Waals surface area contributed by atoms with Crippen molar-refractivity contribution in [2.45, 2.75) is 26.3 Å². The normalized spacial score (nSPS) is 10.8. The van der Waals surface area contributed by atoms with Gasteiger partial charge in [0.15, 0.2) is 0 Å². The summed E-state index contributed by atoms with van der Waals surface area (Å²) >= 11 is 3.04. The summed E-state index contributed by atoms with van der Waals surface area (Å²) in [6.45, 7) is 1.79. The van der Waals surface area contributed by atoms with Gasteiger partial charge in [0.1, 0.15) is 4.60 Å². The van der Waals surface area contributed by atoms with Crippen molar-refractivity contribution >= 4 is 21.9 Å². The lowest BCUT2D eigenvalue weighted by atomic mass is 10.0. The molecule has 0 saturated heterocycles. The van der Waals surface area contributed by atoms with Crippen LogP contribution in [0.5, 0.6) is 0 Å². The fraction of sp³-hybridized carbons (Fsp3) is 0.455. The molecule has 0 aliphatic heterocycles. The molecule has 0 bridgehead atoms. The van der Waals surface area contributed by atoms with Gasteiger partial charge >= 0.3 is 5.97 Å². The molecular weight excluding hydrogens is 310 g/mol. The van der Waals surface area contributed by atoms with Gasteiger partial charge < -0.3 is 10.5 Å². The second kappa shape index (κ2) is 6.75. The van der Waals surface area contributed by atoms with Gasteiger partial charge in [-0.2, -0.15) is 0 Å². The molecule has 1 heterocycles. The largest absolute Gasteiger partial charge is 0.466 e. The van der Waals surface area contributed by atoms with Crippen molar-refractivity contribution in [3.63, 3.8) is 0 Å². The van der Waals surface area contributed by atoms with Gasteiger partial charge in [0.05, 0.1) is 18.7 Å². The molecule has 18 heavy (non-hydrogen) atoms. The lowest BCUT2D eigenvalue weighted by Gasteiger charge is -2.12. The number of halogens is 3. The Morgan fingerprint density at radius 1 is 1.61 bits per heavy atom. The maximum absolute atomic E-state index is 12.8. The zero-order valence-corrected chi connectivity index (χ0v) is 11.3. The molecule has 0 aromatic carbocycles. The summed E-state index contributed by atoms with van der Waals surface area (Å²) in [5.41, 5.74) is 5.66. The van der Waals surface area contributed by atoms with Gasteiger partial charge in [-0.25, -0.2) is 13.8 Å². The molecule has 0 fully saturated rings. The van der Waals surface area contributed by atoms with Crippen LogP contribution in [0.15, 0.2) is 10.7 Å². The Morgan fingerprint density at radius 2 is 2.28 bits per heavy atom. The molecule has 2 N–H and O–H groups in total. The molecule has 7 heteroatoms. The standard InChI is InChI=1S/C11H13BrF2N2O2/c1-2-18-10(17)4-8-7(5-15)6(11(13)14)3-9(12)16-8/h3,11H,2,4-5,15H2,1H3. The van der Waals surface area contributed by atoms with E-state index in [0.717, 1.165) is 0 Å². The van der Waals surface area contributed by atoms with E-state index in [-0.39, 0.29) is 41.0 Å². The van der Waals surface area contributed by atoms with E-state index in [9.17, 15) is 13.6 Å². The smallest absolute Gasteiger partial charge is 0.311 e. The minimum atomic E-state index is -2.66. The Balaban J connectivity index is 3.13. The summed E-state index contributed by atoms with van der Waals surface area (Å²) in [6.07, 6.45) is -2.83. The molecule has 0 aliphatic carbocycles. The van der Waals surface area contributed by atoms with Crippen LogP contribution in [0.25, 0.3) is 0 Å². The monoisotopic (exact) mass is 322 g/mol. The number of pyridine rings is 1. The Morgan fingerprint density at radius 3 is 2.78 bits per heavy atom. The van der Waals surface area contributed by atoms with Gasteiger partial charge in [0, 0.05) is 12.1 Å². The zero-order valence-electron chi connectivity index (χ0n) is 9.75. The fourth-order valence-corrected chi connectivity index (χ4v) is 2.00. The van der Waals surface area contributed by atoms with E-state index >= 15 is 0 Å². The second-order valence-corrected chi connectivity index (χ2v) is 4.26. The van der Waals surface area contributed by atoms with Crippen molar-refractivity contribution < 1.29 is 18.3 Å². The highest BCUT2D eigenvalue weighted by atomic mass is 79.9. The van der Waals surface area contributed by atoms with Crippen LogP contribution >= 0.6 is 15.9 Å². The molecule has 1 aromatic heterocycles. The highest BCUT2D eigenvalue weighted by Gasteiger charge is 2.19. The number of nitrogens with zero attached hydrogens (tertiary/aromatic N) is 1. The number of ether oxygens (including phenoxy) is 1. The van der Waals surface area contributed by atoms with Crippen LogP contribution in [0.2, 0.25) is 0 Å². The molecule has 0 radical (unpaired) electrons. The average molecular weight is 323 g/mol. The first kappa shape index (κ1) is 15.0. The quantitative estimate of drug-likeness (QED) is 0.667. The summed E-state index contributed by atoms with van der Waals surface area (Å²) in [5.74, 6) is -0.516. The molecule has 100 valence electrons. The van der Waals surface area contributed by atoms with Crippen LogP contribution in [0.1, 0.15) is 30.2 Å². The molecule has 0 atom stereocenters. The van der Waals surface area contributed by atoms with E-state index in [4.69, 9.17) is 10.5 Å². The SMILES string of the molecule is CCOC(=O)Cc1nc(Br)cc(C(F)F)c1CN. The Labute approximate surface area is 112 Å². The van der Waals surface area contributed by atoms with Crippen LogP contribution in [-0.4, -0.2) is 17.6 Å². The van der Waals surface area contributed by atoms with E-state index in [1.54, 1.807) is 6.92 Å². The first-order valence-corrected chi connectivity index (χ1v) is 6.10. The van der Waals surface area contributed by atoms with Crippen LogP contribution in [0.4, 0.5) is 8.78 Å². The Kier molecular flexibility index (Phi) is 5.61. The first-order chi connectivity index (χ1) is 8.49. The third kappa shape index (κ3) is 3.71. The van der Waals surface area contributed by atoms with Crippen molar-refractivity contribution in [2.75, 3.05) is 6.61 Å². The third-order valence-corrected chi connectivity index (χ3v) is 2.68. The summed E-state index contributed by atoms with van der Waals surface area (Å²) in [5, 5.41) is 0.